The predicted molar refractivity (Wildman–Crippen MR) is 52.4 cm³/mol. The van der Waals surface area contributed by atoms with E-state index in [1.807, 2.05) is 25.1 Å². The van der Waals surface area contributed by atoms with Gasteiger partial charge < -0.3 is 4.74 Å². The fraction of sp³-hybridized carbons (Fsp3) is 0.222. The summed E-state index contributed by atoms with van der Waals surface area (Å²) in [5.74, 6) is 0.829. The molecule has 0 aliphatic carbocycles. The lowest BCUT2D eigenvalue weighted by Crippen LogP contribution is -1.82. The molecule has 1 rings (SSSR count). The van der Waals surface area contributed by atoms with Crippen molar-refractivity contribution in [3.63, 3.8) is 0 Å². The molecular formula is C9H9NOS. The molecule has 62 valence electrons. The lowest BCUT2D eigenvalue weighted by atomic mass is 10.2. The molecule has 0 saturated heterocycles. The molecule has 1 aromatic rings. The highest BCUT2D eigenvalue weighted by atomic mass is 32.1. The van der Waals surface area contributed by atoms with Crippen LogP contribution in [0.5, 0.6) is 5.75 Å². The van der Waals surface area contributed by atoms with Gasteiger partial charge in [-0.05, 0) is 42.9 Å². The van der Waals surface area contributed by atoms with Gasteiger partial charge in [-0.25, -0.2) is 0 Å². The van der Waals surface area contributed by atoms with Crippen LogP contribution in [0.2, 0.25) is 0 Å². The first-order chi connectivity index (χ1) is 5.77. The van der Waals surface area contributed by atoms with Crippen LogP contribution in [0.25, 0.3) is 0 Å². The number of methoxy groups -OCH3 is 1. The van der Waals surface area contributed by atoms with E-state index >= 15 is 0 Å². The Hall–Kier alpha value is -1.18. The van der Waals surface area contributed by atoms with E-state index in [1.54, 1.807) is 7.11 Å². The Morgan fingerprint density at radius 2 is 2.25 bits per heavy atom. The maximum Gasteiger partial charge on any atom is 0.119 e. The Labute approximate surface area is 76.9 Å². The van der Waals surface area contributed by atoms with E-state index in [2.05, 4.69) is 22.4 Å². The Kier molecular flexibility index (Phi) is 2.97. The van der Waals surface area contributed by atoms with Crippen LogP contribution in [0.15, 0.2) is 23.2 Å². The summed E-state index contributed by atoms with van der Waals surface area (Å²) in [6.45, 7) is 1.95. The second-order valence-corrected chi connectivity index (χ2v) is 2.54. The topological polar surface area (TPSA) is 21.6 Å². The molecular weight excluding hydrogens is 170 g/mol. The Bertz CT molecular complexity index is 329. The summed E-state index contributed by atoms with van der Waals surface area (Å²) in [5.41, 5.74) is 1.87. The first-order valence-electron chi connectivity index (χ1n) is 3.50. The first kappa shape index (κ1) is 8.91. The number of ether oxygens (including phenoxy) is 1. The third-order valence-electron chi connectivity index (χ3n) is 1.57. The van der Waals surface area contributed by atoms with E-state index in [0.717, 1.165) is 17.0 Å². The van der Waals surface area contributed by atoms with Crippen LogP contribution in [-0.2, 0) is 0 Å². The summed E-state index contributed by atoms with van der Waals surface area (Å²) in [6, 6.07) is 5.61. The van der Waals surface area contributed by atoms with Gasteiger partial charge in [0.15, 0.2) is 0 Å². The molecule has 1 aromatic carbocycles. The Balaban J connectivity index is 3.11. The van der Waals surface area contributed by atoms with Crippen molar-refractivity contribution < 1.29 is 4.74 Å². The summed E-state index contributed by atoms with van der Waals surface area (Å²) >= 11 is 4.51. The van der Waals surface area contributed by atoms with E-state index in [1.165, 1.54) is 0 Å². The van der Waals surface area contributed by atoms with Crippen molar-refractivity contribution in [1.29, 1.82) is 0 Å². The van der Waals surface area contributed by atoms with Crippen molar-refractivity contribution in [2.45, 2.75) is 6.92 Å². The van der Waals surface area contributed by atoms with Crippen molar-refractivity contribution in [2.75, 3.05) is 7.11 Å². The monoisotopic (exact) mass is 179 g/mol. The van der Waals surface area contributed by atoms with Crippen LogP contribution in [0.3, 0.4) is 0 Å². The molecule has 0 N–H and O–H groups in total. The molecule has 3 heteroatoms. The standard InChI is InChI=1S/C9H9NOS/c1-7-5-8(11-2)3-4-9(7)10-6-12/h3-5H,1-2H3. The minimum Gasteiger partial charge on any atom is -0.497 e. The number of hydrogen-bond donors (Lipinski definition) is 0. The second kappa shape index (κ2) is 4.00. The Morgan fingerprint density at radius 1 is 1.50 bits per heavy atom. The third-order valence-corrected chi connectivity index (χ3v) is 1.66. The summed E-state index contributed by atoms with van der Waals surface area (Å²) in [6.07, 6.45) is 0. The molecule has 0 aromatic heterocycles. The zero-order valence-corrected chi connectivity index (χ0v) is 7.81. The number of aliphatic imine (C=N–C) groups is 1. The number of isothiocyanates is 1. The molecule has 0 saturated carbocycles. The minimum absolute atomic E-state index is 0.829. The molecule has 0 radical (unpaired) electrons. The maximum absolute atomic E-state index is 5.04. The normalized spacial score (nSPS) is 8.83. The van der Waals surface area contributed by atoms with Gasteiger partial charge in [0.2, 0.25) is 0 Å². The Morgan fingerprint density at radius 3 is 2.75 bits per heavy atom. The number of benzene rings is 1. The van der Waals surface area contributed by atoms with Gasteiger partial charge >= 0.3 is 0 Å². The molecule has 0 heterocycles. The first-order valence-corrected chi connectivity index (χ1v) is 3.91. The van der Waals surface area contributed by atoms with Crippen LogP contribution < -0.4 is 4.74 Å². The third kappa shape index (κ3) is 1.91. The highest BCUT2D eigenvalue weighted by Crippen LogP contribution is 2.22. The quantitative estimate of drug-likeness (QED) is 0.514. The predicted octanol–water partition coefficient (Wildman–Crippen LogP) is 2.74. The molecule has 12 heavy (non-hydrogen) atoms. The molecule has 0 spiro atoms. The van der Waals surface area contributed by atoms with Gasteiger partial charge in [0.05, 0.1) is 18.0 Å². The van der Waals surface area contributed by atoms with Gasteiger partial charge in [-0.2, -0.15) is 4.99 Å². The van der Waals surface area contributed by atoms with Crippen LogP contribution in [0.4, 0.5) is 5.69 Å². The van der Waals surface area contributed by atoms with E-state index in [-0.39, 0.29) is 0 Å². The van der Waals surface area contributed by atoms with Crippen LogP contribution in [-0.4, -0.2) is 12.3 Å². The van der Waals surface area contributed by atoms with Crippen LogP contribution >= 0.6 is 12.2 Å². The highest BCUT2D eigenvalue weighted by molar-refractivity contribution is 7.78. The number of thiocarbonyl (C=S) groups is 1. The molecule has 0 bridgehead atoms. The van der Waals surface area contributed by atoms with E-state index in [0.29, 0.717) is 0 Å². The fourth-order valence-corrected chi connectivity index (χ4v) is 1.03. The van der Waals surface area contributed by atoms with E-state index in [4.69, 9.17) is 4.74 Å². The second-order valence-electron chi connectivity index (χ2n) is 2.36. The van der Waals surface area contributed by atoms with E-state index in [9.17, 15) is 0 Å². The number of aryl methyl sites for hydroxylation is 1. The molecule has 0 unspecified atom stereocenters. The van der Waals surface area contributed by atoms with Crippen molar-refractivity contribution in [3.05, 3.63) is 23.8 Å². The average molecular weight is 179 g/mol. The molecule has 0 amide bonds. The van der Waals surface area contributed by atoms with Gasteiger partial charge in [0, 0.05) is 0 Å². The lowest BCUT2D eigenvalue weighted by molar-refractivity contribution is 0.414. The average Bonchev–Trinajstić information content (AvgIpc) is 2.09. The molecule has 2 nitrogen and oxygen atoms in total. The fourth-order valence-electron chi connectivity index (χ4n) is 0.930. The van der Waals surface area contributed by atoms with Crippen molar-refractivity contribution in [2.24, 2.45) is 4.99 Å². The van der Waals surface area contributed by atoms with Gasteiger partial charge in [-0.1, -0.05) is 0 Å². The highest BCUT2D eigenvalue weighted by Gasteiger charge is 1.96. The number of hydrogen-bond acceptors (Lipinski definition) is 3. The molecule has 0 atom stereocenters. The molecule has 0 aliphatic rings. The smallest absolute Gasteiger partial charge is 0.119 e. The van der Waals surface area contributed by atoms with Crippen molar-refractivity contribution >= 4 is 23.1 Å². The van der Waals surface area contributed by atoms with Crippen molar-refractivity contribution in [3.8, 4) is 5.75 Å². The largest absolute Gasteiger partial charge is 0.497 e. The molecule has 0 aliphatic heterocycles. The van der Waals surface area contributed by atoms with E-state index < -0.39 is 0 Å². The lowest BCUT2D eigenvalue weighted by Gasteiger charge is -2.01. The summed E-state index contributed by atoms with van der Waals surface area (Å²) in [7, 11) is 1.64. The minimum atomic E-state index is 0.829. The van der Waals surface area contributed by atoms with Gasteiger partial charge in [0.25, 0.3) is 0 Å². The SMILES string of the molecule is COc1ccc(N=C=S)c(C)c1. The van der Waals surface area contributed by atoms with Gasteiger partial charge in [-0.3, -0.25) is 0 Å². The summed E-state index contributed by atoms with van der Waals surface area (Å²) in [5, 5.41) is 2.33. The maximum atomic E-state index is 5.04. The van der Waals surface area contributed by atoms with Crippen LogP contribution in [0, 0.1) is 6.92 Å². The van der Waals surface area contributed by atoms with Crippen molar-refractivity contribution in [1.82, 2.24) is 0 Å². The van der Waals surface area contributed by atoms with Crippen LogP contribution in [0.1, 0.15) is 5.56 Å². The zero-order valence-electron chi connectivity index (χ0n) is 7.00. The number of nitrogens with zero attached hydrogens (tertiary/aromatic N) is 1. The van der Waals surface area contributed by atoms with Gasteiger partial charge in [-0.15, -0.1) is 0 Å². The number of rotatable bonds is 2. The molecule has 0 fully saturated rings. The summed E-state index contributed by atoms with van der Waals surface area (Å²) in [4.78, 5) is 3.89. The summed E-state index contributed by atoms with van der Waals surface area (Å²) < 4.78 is 5.04. The van der Waals surface area contributed by atoms with Gasteiger partial charge in [0.1, 0.15) is 5.75 Å². The zero-order chi connectivity index (χ0) is 8.97.